The second-order valence-electron chi connectivity index (χ2n) is 6.50. The van der Waals surface area contributed by atoms with Crippen molar-refractivity contribution in [3.05, 3.63) is 17.8 Å². The molecule has 0 bridgehead atoms. The molecule has 5 nitrogen and oxygen atoms in total. The van der Waals surface area contributed by atoms with Crippen LogP contribution in [-0.4, -0.2) is 42.4 Å². The minimum atomic E-state index is -2.85. The number of hydrogen-bond donors (Lipinski definition) is 0. The fraction of sp³-hybridized carbons (Fsp3) is 0.786. The summed E-state index contributed by atoms with van der Waals surface area (Å²) in [6, 6.07) is 0.0926. The van der Waals surface area contributed by atoms with Gasteiger partial charge in [-0.2, -0.15) is 0 Å². The number of aromatic nitrogens is 1. The molecule has 0 aromatic carbocycles. The number of rotatable bonds is 4. The zero-order chi connectivity index (χ0) is 15.0. The van der Waals surface area contributed by atoms with Crippen LogP contribution in [0.5, 0.6) is 0 Å². The van der Waals surface area contributed by atoms with Crippen LogP contribution in [0.4, 0.5) is 0 Å². The van der Waals surface area contributed by atoms with Gasteiger partial charge in [0.05, 0.1) is 23.7 Å². The third-order valence-corrected chi connectivity index (χ3v) is 5.54. The Morgan fingerprint density at radius 2 is 2.15 bits per heavy atom. The summed E-state index contributed by atoms with van der Waals surface area (Å²) in [6.45, 7) is 9.69. The van der Waals surface area contributed by atoms with Gasteiger partial charge in [-0.1, -0.05) is 27.7 Å². The van der Waals surface area contributed by atoms with Crippen molar-refractivity contribution in [2.45, 2.75) is 52.1 Å². The molecule has 0 saturated carbocycles. The molecule has 1 atom stereocenters. The zero-order valence-electron chi connectivity index (χ0n) is 12.7. The quantitative estimate of drug-likeness (QED) is 0.851. The van der Waals surface area contributed by atoms with E-state index >= 15 is 0 Å². The smallest absolute Gasteiger partial charge is 0.208 e. The van der Waals surface area contributed by atoms with Gasteiger partial charge in [0.15, 0.2) is 9.84 Å². The summed E-state index contributed by atoms with van der Waals surface area (Å²) >= 11 is 0. The molecule has 2 heterocycles. The Balaban J connectivity index is 2.06. The molecule has 0 spiro atoms. The van der Waals surface area contributed by atoms with Crippen LogP contribution in [0.15, 0.2) is 10.7 Å². The molecule has 20 heavy (non-hydrogen) atoms. The molecule has 0 aliphatic carbocycles. The highest BCUT2D eigenvalue weighted by Crippen LogP contribution is 2.23. The Labute approximate surface area is 121 Å². The summed E-state index contributed by atoms with van der Waals surface area (Å²) in [5.41, 5.74) is 0.901. The first-order chi connectivity index (χ1) is 9.21. The molecule has 1 aromatic heterocycles. The molecule has 1 aromatic rings. The standard InChI is InChI=1S/C14H24N2O3S/c1-5-16(11-6-7-20(17,18)10-11)8-13-15-12(9-19-13)14(2,3)4/h9,11H,5-8,10H2,1-4H3. The molecule has 2 rings (SSSR count). The number of nitrogens with zero attached hydrogens (tertiary/aromatic N) is 2. The highest BCUT2D eigenvalue weighted by Gasteiger charge is 2.32. The normalized spacial score (nSPS) is 22.6. The van der Waals surface area contributed by atoms with E-state index in [-0.39, 0.29) is 17.2 Å². The third-order valence-electron chi connectivity index (χ3n) is 3.79. The fourth-order valence-electron chi connectivity index (χ4n) is 2.46. The van der Waals surface area contributed by atoms with Gasteiger partial charge in [0.2, 0.25) is 5.89 Å². The molecule has 0 amide bonds. The number of hydrogen-bond acceptors (Lipinski definition) is 5. The van der Waals surface area contributed by atoms with Gasteiger partial charge in [-0.3, -0.25) is 4.90 Å². The fourth-order valence-corrected chi connectivity index (χ4v) is 4.23. The van der Waals surface area contributed by atoms with Gasteiger partial charge in [-0.25, -0.2) is 13.4 Å². The Hall–Kier alpha value is -0.880. The molecule has 1 fully saturated rings. The minimum absolute atomic E-state index is 0.0322. The zero-order valence-corrected chi connectivity index (χ0v) is 13.5. The summed E-state index contributed by atoms with van der Waals surface area (Å²) in [4.78, 5) is 6.66. The molecule has 1 unspecified atom stereocenters. The lowest BCUT2D eigenvalue weighted by atomic mass is 9.93. The SMILES string of the molecule is CCN(Cc1nc(C(C)(C)C)co1)C1CCS(=O)(=O)C1. The van der Waals surface area contributed by atoms with Crippen molar-refractivity contribution in [2.75, 3.05) is 18.1 Å². The Morgan fingerprint density at radius 3 is 2.60 bits per heavy atom. The van der Waals surface area contributed by atoms with Crippen LogP contribution in [0.2, 0.25) is 0 Å². The van der Waals surface area contributed by atoms with Crippen LogP contribution < -0.4 is 0 Å². The van der Waals surface area contributed by atoms with E-state index in [0.29, 0.717) is 24.6 Å². The Bertz CT molecular complexity index is 557. The molecular formula is C14H24N2O3S. The van der Waals surface area contributed by atoms with Crippen molar-refractivity contribution in [3.8, 4) is 0 Å². The first-order valence-electron chi connectivity index (χ1n) is 7.10. The van der Waals surface area contributed by atoms with Crippen LogP contribution in [0.25, 0.3) is 0 Å². The maximum absolute atomic E-state index is 11.6. The summed E-state index contributed by atoms with van der Waals surface area (Å²) in [7, 11) is -2.85. The minimum Gasteiger partial charge on any atom is -0.447 e. The molecular weight excluding hydrogens is 276 g/mol. The van der Waals surface area contributed by atoms with Gasteiger partial charge in [-0.05, 0) is 13.0 Å². The first-order valence-corrected chi connectivity index (χ1v) is 8.93. The largest absolute Gasteiger partial charge is 0.447 e. The maximum atomic E-state index is 11.6. The number of oxazole rings is 1. The van der Waals surface area contributed by atoms with E-state index < -0.39 is 9.84 Å². The summed E-state index contributed by atoms with van der Waals surface area (Å²) < 4.78 is 28.7. The molecule has 1 saturated heterocycles. The lowest BCUT2D eigenvalue weighted by Crippen LogP contribution is -2.35. The average molecular weight is 300 g/mol. The van der Waals surface area contributed by atoms with Crippen molar-refractivity contribution >= 4 is 9.84 Å². The lowest BCUT2D eigenvalue weighted by molar-refractivity contribution is 0.194. The van der Waals surface area contributed by atoms with Gasteiger partial charge in [-0.15, -0.1) is 0 Å². The second kappa shape index (κ2) is 5.48. The summed E-state index contributed by atoms with van der Waals surface area (Å²) in [6.07, 6.45) is 2.41. The van der Waals surface area contributed by atoms with Crippen molar-refractivity contribution < 1.29 is 12.8 Å². The van der Waals surface area contributed by atoms with E-state index in [0.717, 1.165) is 12.2 Å². The molecule has 0 N–H and O–H groups in total. The Morgan fingerprint density at radius 1 is 1.45 bits per heavy atom. The van der Waals surface area contributed by atoms with Crippen LogP contribution in [-0.2, 0) is 21.8 Å². The molecule has 1 aliphatic heterocycles. The second-order valence-corrected chi connectivity index (χ2v) is 8.73. The monoisotopic (exact) mass is 300 g/mol. The van der Waals surface area contributed by atoms with E-state index in [9.17, 15) is 8.42 Å². The molecule has 114 valence electrons. The maximum Gasteiger partial charge on any atom is 0.208 e. The van der Waals surface area contributed by atoms with Crippen LogP contribution in [0.1, 0.15) is 45.7 Å². The van der Waals surface area contributed by atoms with E-state index in [1.807, 2.05) is 6.92 Å². The van der Waals surface area contributed by atoms with E-state index in [1.165, 1.54) is 0 Å². The first kappa shape index (κ1) is 15.5. The predicted molar refractivity (Wildman–Crippen MR) is 78.3 cm³/mol. The van der Waals surface area contributed by atoms with E-state index in [1.54, 1.807) is 6.26 Å². The van der Waals surface area contributed by atoms with Gasteiger partial charge < -0.3 is 4.42 Å². The highest BCUT2D eigenvalue weighted by molar-refractivity contribution is 7.91. The van der Waals surface area contributed by atoms with Crippen molar-refractivity contribution in [1.29, 1.82) is 0 Å². The van der Waals surface area contributed by atoms with Crippen molar-refractivity contribution in [2.24, 2.45) is 0 Å². The molecule has 0 radical (unpaired) electrons. The molecule has 1 aliphatic rings. The number of sulfone groups is 1. The highest BCUT2D eigenvalue weighted by atomic mass is 32.2. The molecule has 6 heteroatoms. The lowest BCUT2D eigenvalue weighted by Gasteiger charge is -2.24. The Kier molecular flexibility index (Phi) is 4.25. The van der Waals surface area contributed by atoms with Crippen molar-refractivity contribution in [1.82, 2.24) is 9.88 Å². The summed E-state index contributed by atoms with van der Waals surface area (Å²) in [5.74, 6) is 1.22. The van der Waals surface area contributed by atoms with E-state index in [4.69, 9.17) is 4.42 Å². The van der Waals surface area contributed by atoms with Crippen molar-refractivity contribution in [3.63, 3.8) is 0 Å². The average Bonchev–Trinajstić information content (AvgIpc) is 2.91. The van der Waals surface area contributed by atoms with Gasteiger partial charge >= 0.3 is 0 Å². The van der Waals surface area contributed by atoms with Gasteiger partial charge in [0.1, 0.15) is 6.26 Å². The van der Waals surface area contributed by atoms with Gasteiger partial charge in [0, 0.05) is 11.5 Å². The van der Waals surface area contributed by atoms with Crippen LogP contribution in [0, 0.1) is 0 Å². The van der Waals surface area contributed by atoms with Crippen LogP contribution >= 0.6 is 0 Å². The van der Waals surface area contributed by atoms with Gasteiger partial charge in [0.25, 0.3) is 0 Å². The third kappa shape index (κ3) is 3.61. The van der Waals surface area contributed by atoms with Crippen LogP contribution in [0.3, 0.4) is 0 Å². The predicted octanol–water partition coefficient (Wildman–Crippen LogP) is 1.98. The van der Waals surface area contributed by atoms with E-state index in [2.05, 4.69) is 30.7 Å². The summed E-state index contributed by atoms with van der Waals surface area (Å²) in [5, 5.41) is 0. The topological polar surface area (TPSA) is 63.4 Å².